The average Bonchev–Trinajstić information content (AvgIpc) is 3.23. The molecule has 0 bridgehead atoms. The van der Waals surface area contributed by atoms with Gasteiger partial charge >= 0.3 is 23.9 Å². The number of aryl methyl sites for hydroxylation is 2. The minimum absolute atomic E-state index is 0.115. The highest BCUT2D eigenvalue weighted by atomic mass is 32.2. The predicted molar refractivity (Wildman–Crippen MR) is 171 cm³/mol. The zero-order chi connectivity index (χ0) is 36.6. The number of hydrogen-bond acceptors (Lipinski definition) is 11. The molecule has 4 rings (SSSR count). The molecule has 49 heavy (non-hydrogen) atoms. The van der Waals surface area contributed by atoms with E-state index in [1.54, 1.807) is 19.9 Å². The van der Waals surface area contributed by atoms with Crippen molar-refractivity contribution < 1.29 is 62.4 Å². The number of nitrogens with zero attached hydrogens (tertiary/aromatic N) is 2. The van der Waals surface area contributed by atoms with E-state index < -0.39 is 65.8 Å². The molecule has 1 aliphatic heterocycles. The molecule has 0 saturated carbocycles. The zero-order valence-corrected chi connectivity index (χ0v) is 27.9. The fourth-order valence-electron chi connectivity index (χ4n) is 6.36. The summed E-state index contributed by atoms with van der Waals surface area (Å²) in [7, 11) is -4.48. The molecule has 0 spiro atoms. The number of aromatic hydroxyl groups is 2. The number of phenolic OH excluding ortho intramolecular Hbond substituents is 2. The van der Waals surface area contributed by atoms with Crippen molar-refractivity contribution in [2.75, 3.05) is 26.2 Å². The molecular formula is C33H36N2O13S. The monoisotopic (exact) mass is 700 g/mol. The van der Waals surface area contributed by atoms with Gasteiger partial charge in [-0.25, -0.2) is 4.18 Å². The van der Waals surface area contributed by atoms with Crippen LogP contribution >= 0.6 is 0 Å². The standard InChI is InChI=1S/C33H36N2O13S/c1-17-9-24(19(3)21(31(17)44)11-34(13-27(36)37)14-28(38)39)33(23-7-5-6-8-26(23)49(46,47)48-33)25-10-18(2)32(45)22(20(25)4)12-35(15-29(40)41)16-30(42)43/h5-10,44-45H,11-16H2,1-4H3,(H,36,37)(H,38,39)(H,40,41)(H,42,43). The molecule has 262 valence electrons. The van der Waals surface area contributed by atoms with Crippen LogP contribution < -0.4 is 0 Å². The average molecular weight is 701 g/mol. The number of carbonyl (C=O) groups is 4. The van der Waals surface area contributed by atoms with E-state index in [0.29, 0.717) is 0 Å². The lowest BCUT2D eigenvalue weighted by Crippen LogP contribution is -2.36. The number of benzene rings is 3. The van der Waals surface area contributed by atoms with E-state index in [9.17, 15) is 58.2 Å². The van der Waals surface area contributed by atoms with Crippen LogP contribution in [-0.2, 0) is 52.2 Å². The fraction of sp³-hybridized carbons (Fsp3) is 0.333. The number of phenols is 2. The van der Waals surface area contributed by atoms with Crippen LogP contribution in [-0.4, -0.2) is 98.9 Å². The van der Waals surface area contributed by atoms with Gasteiger partial charge in [0.2, 0.25) is 0 Å². The Morgan fingerprint density at radius 2 is 1.02 bits per heavy atom. The third-order valence-corrected chi connectivity index (χ3v) is 9.85. The molecule has 16 heteroatoms. The van der Waals surface area contributed by atoms with Crippen LogP contribution in [0, 0.1) is 27.7 Å². The van der Waals surface area contributed by atoms with Crippen molar-refractivity contribution in [3.05, 3.63) is 86.5 Å². The second-order valence-corrected chi connectivity index (χ2v) is 13.5. The van der Waals surface area contributed by atoms with Gasteiger partial charge in [0.25, 0.3) is 10.1 Å². The third-order valence-electron chi connectivity index (χ3n) is 8.48. The maximum Gasteiger partial charge on any atom is 0.317 e. The highest BCUT2D eigenvalue weighted by Crippen LogP contribution is 2.54. The predicted octanol–water partition coefficient (Wildman–Crippen LogP) is 2.28. The Morgan fingerprint density at radius 1 is 0.653 bits per heavy atom. The van der Waals surface area contributed by atoms with E-state index in [0.717, 1.165) is 9.80 Å². The quantitative estimate of drug-likeness (QED) is 0.132. The highest BCUT2D eigenvalue weighted by Gasteiger charge is 2.53. The molecule has 0 aromatic heterocycles. The minimum Gasteiger partial charge on any atom is -0.507 e. The normalized spacial score (nSPS) is 14.6. The Bertz CT molecular complexity index is 1840. The van der Waals surface area contributed by atoms with Gasteiger partial charge in [0, 0.05) is 29.8 Å². The second-order valence-electron chi connectivity index (χ2n) is 12.0. The van der Waals surface area contributed by atoms with Gasteiger partial charge in [0.05, 0.1) is 26.2 Å². The molecular weight excluding hydrogens is 664 g/mol. The summed E-state index contributed by atoms with van der Waals surface area (Å²) in [5.74, 6) is -5.81. The third kappa shape index (κ3) is 7.22. The molecule has 0 radical (unpaired) electrons. The first-order valence-corrected chi connectivity index (χ1v) is 16.2. The van der Waals surface area contributed by atoms with Crippen LogP contribution in [0.5, 0.6) is 11.5 Å². The molecule has 1 aliphatic rings. The van der Waals surface area contributed by atoms with E-state index in [-0.39, 0.29) is 79.6 Å². The summed E-state index contributed by atoms with van der Waals surface area (Å²) < 4.78 is 33.6. The maximum atomic E-state index is 13.8. The molecule has 0 amide bonds. The zero-order valence-electron chi connectivity index (χ0n) is 27.1. The lowest BCUT2D eigenvalue weighted by Gasteiger charge is -2.35. The molecule has 0 saturated heterocycles. The summed E-state index contributed by atoms with van der Waals surface area (Å²) in [5, 5.41) is 60.2. The van der Waals surface area contributed by atoms with Crippen molar-refractivity contribution in [3.8, 4) is 11.5 Å². The second kappa shape index (κ2) is 13.8. The van der Waals surface area contributed by atoms with Gasteiger partial charge in [-0.2, -0.15) is 8.42 Å². The Hall–Kier alpha value is -5.03. The van der Waals surface area contributed by atoms with E-state index in [1.165, 1.54) is 44.2 Å². The van der Waals surface area contributed by atoms with Crippen molar-refractivity contribution in [3.63, 3.8) is 0 Å². The molecule has 0 fully saturated rings. The fourth-order valence-corrected chi connectivity index (χ4v) is 7.78. The van der Waals surface area contributed by atoms with Crippen LogP contribution in [0.1, 0.15) is 50.1 Å². The van der Waals surface area contributed by atoms with Crippen LogP contribution in [0.4, 0.5) is 0 Å². The van der Waals surface area contributed by atoms with Crippen LogP contribution in [0.15, 0.2) is 41.3 Å². The minimum atomic E-state index is -4.48. The molecule has 0 unspecified atom stereocenters. The smallest absolute Gasteiger partial charge is 0.317 e. The molecule has 1 heterocycles. The van der Waals surface area contributed by atoms with Gasteiger partial charge < -0.3 is 30.6 Å². The van der Waals surface area contributed by atoms with Crippen molar-refractivity contribution >= 4 is 34.0 Å². The van der Waals surface area contributed by atoms with Gasteiger partial charge in [-0.3, -0.25) is 29.0 Å². The molecule has 15 nitrogen and oxygen atoms in total. The molecule has 3 aromatic carbocycles. The van der Waals surface area contributed by atoms with Gasteiger partial charge in [0.1, 0.15) is 16.4 Å². The Morgan fingerprint density at radius 3 is 1.39 bits per heavy atom. The summed E-state index contributed by atoms with van der Waals surface area (Å²) in [6.07, 6.45) is 0. The summed E-state index contributed by atoms with van der Waals surface area (Å²) >= 11 is 0. The Kier molecular flexibility index (Phi) is 10.4. The van der Waals surface area contributed by atoms with Gasteiger partial charge in [0.15, 0.2) is 5.60 Å². The lowest BCUT2D eigenvalue weighted by atomic mass is 9.74. The van der Waals surface area contributed by atoms with Crippen molar-refractivity contribution in [2.45, 2.75) is 51.3 Å². The molecule has 0 atom stereocenters. The molecule has 6 N–H and O–H groups in total. The van der Waals surface area contributed by atoms with Crippen molar-refractivity contribution in [1.29, 1.82) is 0 Å². The van der Waals surface area contributed by atoms with Crippen LogP contribution in [0.25, 0.3) is 0 Å². The SMILES string of the molecule is Cc1cc(C2(c3cc(C)c(O)c(CN(CC(=O)O)CC(=O)O)c3C)OS(=O)(=O)c3ccccc32)c(C)c(CN(CC(=O)O)CC(=O)O)c1O. The number of carboxylic acids is 4. The number of fused-ring (bicyclic) bond motifs is 1. The first kappa shape index (κ1) is 36.8. The first-order valence-electron chi connectivity index (χ1n) is 14.8. The lowest BCUT2D eigenvalue weighted by molar-refractivity contribution is -0.144. The topological polar surface area (TPSA) is 240 Å². The molecule has 0 aliphatic carbocycles. The number of aliphatic carboxylic acids is 4. The summed E-state index contributed by atoms with van der Waals surface area (Å²) in [5.41, 5.74) is -0.251. The van der Waals surface area contributed by atoms with E-state index in [1.807, 2.05) is 0 Å². The van der Waals surface area contributed by atoms with Crippen molar-refractivity contribution in [2.24, 2.45) is 0 Å². The Labute approximate surface area is 281 Å². The molecule has 3 aromatic rings. The summed E-state index contributed by atoms with van der Waals surface area (Å²) in [6, 6.07) is 8.99. The first-order chi connectivity index (χ1) is 22.8. The van der Waals surface area contributed by atoms with Gasteiger partial charge in [-0.05, 0) is 79.3 Å². The number of hydrogen-bond donors (Lipinski definition) is 6. The number of rotatable bonds is 14. The highest BCUT2D eigenvalue weighted by molar-refractivity contribution is 7.87. The van der Waals surface area contributed by atoms with Crippen LogP contribution in [0.3, 0.4) is 0 Å². The van der Waals surface area contributed by atoms with Crippen molar-refractivity contribution in [1.82, 2.24) is 9.80 Å². The largest absolute Gasteiger partial charge is 0.507 e. The number of carboxylic acid groups (broad SMARTS) is 4. The van der Waals surface area contributed by atoms with Gasteiger partial charge in [-0.15, -0.1) is 0 Å². The van der Waals surface area contributed by atoms with Crippen LogP contribution in [0.2, 0.25) is 0 Å². The Balaban J connectivity index is 2.10. The van der Waals surface area contributed by atoms with E-state index in [4.69, 9.17) is 4.18 Å². The summed E-state index contributed by atoms with van der Waals surface area (Å²) in [6.45, 7) is 2.71. The van der Waals surface area contributed by atoms with E-state index in [2.05, 4.69) is 0 Å². The van der Waals surface area contributed by atoms with Gasteiger partial charge in [-0.1, -0.05) is 18.2 Å². The summed E-state index contributed by atoms with van der Waals surface area (Å²) in [4.78, 5) is 48.3. The maximum absolute atomic E-state index is 13.8. The van der Waals surface area contributed by atoms with E-state index >= 15 is 0 Å².